The zero-order valence-corrected chi connectivity index (χ0v) is 24.5. The number of piperidine rings is 1. The Labute approximate surface area is 253 Å². The maximum absolute atomic E-state index is 16.9. The number of hydrogen-bond acceptors (Lipinski definition) is 9. The van der Waals surface area contributed by atoms with E-state index in [0.29, 0.717) is 18.2 Å². The first-order chi connectivity index (χ1) is 21.2. The van der Waals surface area contributed by atoms with Crippen molar-refractivity contribution in [3.05, 3.63) is 57.6 Å². The molecule has 240 valence electrons. The van der Waals surface area contributed by atoms with Crippen LogP contribution in [0.15, 0.2) is 30.3 Å². The third-order valence-corrected chi connectivity index (χ3v) is 7.51. The predicted molar refractivity (Wildman–Crippen MR) is 155 cm³/mol. The number of aryl methyl sites for hydroxylation is 1. The number of hydrogen-bond donors (Lipinski definition) is 1. The molecule has 5 rings (SSSR count). The second-order valence-corrected chi connectivity index (χ2v) is 11.0. The molecule has 1 aliphatic heterocycles. The molecule has 4 aromatic rings. The van der Waals surface area contributed by atoms with Gasteiger partial charge in [0.25, 0.3) is 5.69 Å². The number of β-amino-alcohol motifs (C(OH)–C–C–N with tert-alkyl or cyclic N) is 1. The zero-order chi connectivity index (χ0) is 32.7. The Balaban J connectivity index is 1.86. The number of alkyl halides is 3. The lowest BCUT2D eigenvalue weighted by Crippen LogP contribution is -2.46. The Morgan fingerprint density at radius 3 is 2.56 bits per heavy atom. The van der Waals surface area contributed by atoms with E-state index in [9.17, 15) is 28.4 Å². The van der Waals surface area contributed by atoms with Gasteiger partial charge in [-0.2, -0.15) is 23.1 Å². The van der Waals surface area contributed by atoms with Crippen molar-refractivity contribution >= 4 is 33.2 Å². The van der Waals surface area contributed by atoms with E-state index in [4.69, 9.17) is 14.2 Å². The molecule has 15 heteroatoms. The predicted octanol–water partition coefficient (Wildman–Crippen LogP) is 6.47. The molecule has 1 aromatic heterocycles. The summed E-state index contributed by atoms with van der Waals surface area (Å²) in [6.45, 7) is 1.45. The number of aromatic nitrogens is 2. The molecule has 0 amide bonds. The molecule has 0 spiro atoms. The highest BCUT2D eigenvalue weighted by molar-refractivity contribution is 6.05. The topological polar surface area (TPSA) is 120 Å². The number of rotatable bonds is 9. The second-order valence-electron chi connectivity index (χ2n) is 11.0. The van der Waals surface area contributed by atoms with Crippen molar-refractivity contribution in [2.75, 3.05) is 38.5 Å². The van der Waals surface area contributed by atoms with E-state index in [1.54, 1.807) is 19.9 Å². The summed E-state index contributed by atoms with van der Waals surface area (Å²) in [7, 11) is 1.37. The maximum Gasteiger partial charge on any atom is 0.422 e. The van der Waals surface area contributed by atoms with Crippen molar-refractivity contribution in [1.82, 2.24) is 9.97 Å². The molecule has 2 heterocycles. The van der Waals surface area contributed by atoms with Crippen molar-refractivity contribution < 1.29 is 46.2 Å². The molecule has 1 saturated heterocycles. The van der Waals surface area contributed by atoms with Crippen LogP contribution >= 0.6 is 0 Å². The first-order valence-corrected chi connectivity index (χ1v) is 14.0. The summed E-state index contributed by atoms with van der Waals surface area (Å²) in [6.07, 6.45) is -3.76. The quantitative estimate of drug-likeness (QED) is 0.0954. The minimum atomic E-state index is -4.77. The molecular formula is C30H29F5N4O6. The van der Waals surface area contributed by atoms with E-state index in [0.717, 1.165) is 6.07 Å². The summed E-state index contributed by atoms with van der Waals surface area (Å²) < 4.78 is 86.5. The van der Waals surface area contributed by atoms with E-state index in [1.165, 1.54) is 30.2 Å². The molecule has 1 fully saturated rings. The standard InChI is InChI=1S/C30H29F5N4O6/c1-4-18-21(31)7-6-16-10-17(45-15-43-3)11-19(23(16)18)24-22(39(41)42)12-20-26(25(24)32)36-28(44-14-30(33,34)35)37-27(20)38-9-5-8-29(2,40)13-38/h6-7,10-12,40H,4-5,8-9,13-15H2,1-3H3. The van der Waals surface area contributed by atoms with Crippen molar-refractivity contribution in [2.45, 2.75) is 44.9 Å². The van der Waals surface area contributed by atoms with Gasteiger partial charge in [0.05, 0.1) is 21.5 Å². The number of nitro groups is 1. The van der Waals surface area contributed by atoms with Crippen LogP contribution in [0.5, 0.6) is 11.8 Å². The summed E-state index contributed by atoms with van der Waals surface area (Å²) in [4.78, 5) is 21.2. The number of nitrogens with zero attached hydrogens (tertiary/aromatic N) is 4. The Kier molecular flexibility index (Phi) is 8.68. The fourth-order valence-corrected chi connectivity index (χ4v) is 5.67. The molecule has 3 aromatic carbocycles. The summed E-state index contributed by atoms with van der Waals surface area (Å²) >= 11 is 0. The Morgan fingerprint density at radius 2 is 1.91 bits per heavy atom. The smallest absolute Gasteiger partial charge is 0.422 e. The molecule has 1 N–H and O–H groups in total. The van der Waals surface area contributed by atoms with Gasteiger partial charge >= 0.3 is 12.2 Å². The fraction of sp³-hybridized carbons (Fsp3) is 0.400. The van der Waals surface area contributed by atoms with Crippen LogP contribution in [0.4, 0.5) is 33.5 Å². The lowest BCUT2D eigenvalue weighted by Gasteiger charge is -2.38. The number of benzene rings is 3. The van der Waals surface area contributed by atoms with E-state index in [1.807, 2.05) is 0 Å². The van der Waals surface area contributed by atoms with E-state index >= 15 is 8.78 Å². The number of anilines is 1. The number of methoxy groups -OCH3 is 1. The van der Waals surface area contributed by atoms with E-state index < -0.39 is 57.7 Å². The van der Waals surface area contributed by atoms with Crippen LogP contribution in [0, 0.1) is 21.7 Å². The molecule has 1 unspecified atom stereocenters. The highest BCUT2D eigenvalue weighted by Crippen LogP contribution is 2.45. The van der Waals surface area contributed by atoms with Gasteiger partial charge in [-0.1, -0.05) is 13.0 Å². The summed E-state index contributed by atoms with van der Waals surface area (Å²) in [5.41, 5.74) is -3.04. The zero-order valence-electron chi connectivity index (χ0n) is 24.5. The second kappa shape index (κ2) is 12.2. The Morgan fingerprint density at radius 1 is 1.16 bits per heavy atom. The molecule has 0 aliphatic carbocycles. The molecule has 0 radical (unpaired) electrons. The van der Waals surface area contributed by atoms with E-state index in [2.05, 4.69) is 9.97 Å². The minimum absolute atomic E-state index is 0.0440. The van der Waals surface area contributed by atoms with Crippen LogP contribution in [0.1, 0.15) is 32.3 Å². The third kappa shape index (κ3) is 6.54. The Hall–Kier alpha value is -4.37. The van der Waals surface area contributed by atoms with Crippen molar-refractivity contribution in [1.29, 1.82) is 0 Å². The van der Waals surface area contributed by atoms with Gasteiger partial charge in [0, 0.05) is 31.8 Å². The van der Waals surface area contributed by atoms with Crippen LogP contribution in [-0.4, -0.2) is 65.4 Å². The van der Waals surface area contributed by atoms with Gasteiger partial charge in [0.1, 0.15) is 22.9 Å². The molecule has 45 heavy (non-hydrogen) atoms. The number of fused-ring (bicyclic) bond motifs is 2. The number of ether oxygens (including phenoxy) is 3. The number of halogens is 5. The third-order valence-electron chi connectivity index (χ3n) is 7.51. The summed E-state index contributed by atoms with van der Waals surface area (Å²) in [6, 6.07) is 5.70. The first-order valence-electron chi connectivity index (χ1n) is 14.0. The van der Waals surface area contributed by atoms with Gasteiger partial charge in [-0.05, 0) is 60.7 Å². The lowest BCUT2D eigenvalue weighted by molar-refractivity contribution is -0.384. The van der Waals surface area contributed by atoms with Gasteiger partial charge in [-0.25, -0.2) is 8.78 Å². The lowest BCUT2D eigenvalue weighted by atomic mass is 9.90. The van der Waals surface area contributed by atoms with E-state index in [-0.39, 0.29) is 59.8 Å². The fourth-order valence-electron chi connectivity index (χ4n) is 5.67. The molecule has 1 atom stereocenters. The average molecular weight is 637 g/mol. The van der Waals surface area contributed by atoms with Gasteiger partial charge in [-0.3, -0.25) is 10.1 Å². The molecule has 10 nitrogen and oxygen atoms in total. The SMILES string of the molecule is CCc1c(F)ccc2cc(OCOC)cc(-c3c([N+](=O)[O-])cc4c(N5CCCC(C)(O)C5)nc(OCC(F)(F)F)nc4c3F)c12. The average Bonchev–Trinajstić information content (AvgIpc) is 2.97. The van der Waals surface area contributed by atoms with Crippen LogP contribution in [0.25, 0.3) is 32.8 Å². The molecule has 0 saturated carbocycles. The van der Waals surface area contributed by atoms with Crippen LogP contribution < -0.4 is 14.4 Å². The first kappa shape index (κ1) is 32.0. The highest BCUT2D eigenvalue weighted by Gasteiger charge is 2.35. The van der Waals surface area contributed by atoms with Gasteiger partial charge in [-0.15, -0.1) is 0 Å². The monoisotopic (exact) mass is 636 g/mol. The summed E-state index contributed by atoms with van der Waals surface area (Å²) in [5, 5.41) is 23.6. The Bertz CT molecular complexity index is 1780. The minimum Gasteiger partial charge on any atom is -0.468 e. The summed E-state index contributed by atoms with van der Waals surface area (Å²) in [5.74, 6) is -1.90. The molecule has 0 bridgehead atoms. The largest absolute Gasteiger partial charge is 0.468 e. The molecular weight excluding hydrogens is 607 g/mol. The van der Waals surface area contributed by atoms with Crippen molar-refractivity contribution in [2.24, 2.45) is 0 Å². The normalized spacial score (nSPS) is 17.2. The van der Waals surface area contributed by atoms with Gasteiger partial charge in [0.15, 0.2) is 19.2 Å². The van der Waals surface area contributed by atoms with Crippen LogP contribution in [0.2, 0.25) is 0 Å². The van der Waals surface area contributed by atoms with Crippen molar-refractivity contribution in [3.8, 4) is 22.9 Å². The van der Waals surface area contributed by atoms with Gasteiger partial charge in [0.2, 0.25) is 0 Å². The van der Waals surface area contributed by atoms with Crippen molar-refractivity contribution in [3.63, 3.8) is 0 Å². The number of nitro benzene ring substituents is 1. The number of aliphatic hydroxyl groups is 1. The highest BCUT2D eigenvalue weighted by atomic mass is 19.4. The van der Waals surface area contributed by atoms with Crippen LogP contribution in [0.3, 0.4) is 0 Å². The maximum atomic E-state index is 16.9. The molecule has 1 aliphatic rings. The van der Waals surface area contributed by atoms with Crippen LogP contribution in [-0.2, 0) is 11.2 Å². The van der Waals surface area contributed by atoms with Gasteiger partial charge < -0.3 is 24.2 Å².